The smallest absolute Gasteiger partial charge is 0.328 e. The molecule has 17 heavy (non-hydrogen) atoms. The Morgan fingerprint density at radius 3 is 2.47 bits per heavy atom. The van der Waals surface area contributed by atoms with Crippen LogP contribution < -0.4 is 0 Å². The van der Waals surface area contributed by atoms with Gasteiger partial charge in [0.1, 0.15) is 0 Å². The van der Waals surface area contributed by atoms with Crippen molar-refractivity contribution in [3.63, 3.8) is 0 Å². The maximum absolute atomic E-state index is 10.7. The van der Waals surface area contributed by atoms with E-state index in [2.05, 4.69) is 26.8 Å². The second-order valence-electron chi connectivity index (χ2n) is 4.48. The van der Waals surface area contributed by atoms with Crippen molar-refractivity contribution < 1.29 is 42.6 Å². The topological polar surface area (TPSA) is 37.3 Å². The summed E-state index contributed by atoms with van der Waals surface area (Å²) in [5, 5.41) is 8.82. The van der Waals surface area contributed by atoms with Gasteiger partial charge in [-0.3, -0.25) is 0 Å². The maximum atomic E-state index is 10.7. The molecule has 0 heterocycles. The van der Waals surface area contributed by atoms with Crippen LogP contribution in [0.3, 0.4) is 0 Å². The number of carboxylic acid groups (broad SMARTS) is 1. The summed E-state index contributed by atoms with van der Waals surface area (Å²) in [5.74, 6) is -0.848. The van der Waals surface area contributed by atoms with Crippen molar-refractivity contribution in [2.45, 2.75) is 33.6 Å². The van der Waals surface area contributed by atoms with Crippen LogP contribution in [0.4, 0.5) is 0 Å². The molecule has 0 spiro atoms. The Balaban J connectivity index is 0.00000144. The van der Waals surface area contributed by atoms with Crippen LogP contribution in [0, 0.1) is 20.8 Å². The molecule has 3 heteroatoms. The predicted molar refractivity (Wildman–Crippen MR) is 64.6 cm³/mol. The Bertz CT molecular complexity index is 501. The molecule has 1 aliphatic carbocycles. The molecule has 1 N–H and O–H groups in total. The summed E-state index contributed by atoms with van der Waals surface area (Å²) in [6.45, 7) is 6.34. The molecule has 87 valence electrons. The number of hydrogen-bond donors (Lipinski definition) is 1. The average molecular weight is 305 g/mol. The zero-order chi connectivity index (χ0) is 11.9. The monoisotopic (exact) mass is 305 g/mol. The number of carboxylic acids is 1. The van der Waals surface area contributed by atoms with E-state index in [4.69, 9.17) is 5.11 Å². The van der Waals surface area contributed by atoms with E-state index >= 15 is 0 Å². The van der Waals surface area contributed by atoms with Gasteiger partial charge < -0.3 is 5.11 Å². The van der Waals surface area contributed by atoms with Gasteiger partial charge in [0.05, 0.1) is 0 Å². The molecule has 0 amide bonds. The Labute approximate surface area is 127 Å². The number of aliphatic carboxylic acids is 1. The summed E-state index contributed by atoms with van der Waals surface area (Å²) in [7, 11) is 0. The minimum absolute atomic E-state index is 0. The summed E-state index contributed by atoms with van der Waals surface area (Å²) >= 11 is 0. The van der Waals surface area contributed by atoms with E-state index in [1.807, 2.05) is 0 Å². The molecule has 0 atom stereocenters. The fraction of sp³-hybridized carbons (Fsp3) is 0.357. The summed E-state index contributed by atoms with van der Waals surface area (Å²) in [4.78, 5) is 10.7. The molecule has 1 aromatic rings. The third-order valence-electron chi connectivity index (χ3n) is 3.58. The molecule has 1 radical (unpaired) electrons. The number of fused-ring (bicyclic) bond motifs is 1. The summed E-state index contributed by atoms with van der Waals surface area (Å²) in [6.07, 6.45) is 3.17. The molecule has 2 rings (SSSR count). The van der Waals surface area contributed by atoms with Gasteiger partial charge in [0.15, 0.2) is 0 Å². The average Bonchev–Trinajstić information content (AvgIpc) is 2.58. The number of allylic oxidation sites excluding steroid dienone is 1. The number of carbonyl (C=O) groups is 1. The van der Waals surface area contributed by atoms with Crippen LogP contribution in [0.15, 0.2) is 12.1 Å². The van der Waals surface area contributed by atoms with Crippen molar-refractivity contribution in [2.75, 3.05) is 0 Å². The van der Waals surface area contributed by atoms with Gasteiger partial charge >= 0.3 is 5.97 Å². The first-order valence-electron chi connectivity index (χ1n) is 5.54. The van der Waals surface area contributed by atoms with E-state index in [0.717, 1.165) is 24.0 Å². The summed E-state index contributed by atoms with van der Waals surface area (Å²) < 4.78 is 0. The van der Waals surface area contributed by atoms with Crippen molar-refractivity contribution in [2.24, 2.45) is 0 Å². The van der Waals surface area contributed by atoms with Crippen molar-refractivity contribution in [3.05, 3.63) is 40.0 Å². The van der Waals surface area contributed by atoms with Gasteiger partial charge in [0.25, 0.3) is 0 Å². The van der Waals surface area contributed by atoms with Crippen molar-refractivity contribution in [1.82, 2.24) is 0 Å². The Morgan fingerprint density at radius 2 is 1.88 bits per heavy atom. The van der Waals surface area contributed by atoms with Crippen LogP contribution >= 0.6 is 0 Å². The molecular weight excluding hydrogens is 289 g/mol. The summed E-state index contributed by atoms with van der Waals surface area (Å²) in [5.41, 5.74) is 7.33. The second-order valence-corrected chi connectivity index (χ2v) is 4.48. The van der Waals surface area contributed by atoms with Crippen LogP contribution in [0.25, 0.3) is 5.57 Å². The van der Waals surface area contributed by atoms with Crippen LogP contribution in [-0.2, 0) is 43.9 Å². The van der Waals surface area contributed by atoms with Gasteiger partial charge in [0, 0.05) is 38.8 Å². The third kappa shape index (κ3) is 2.69. The minimum atomic E-state index is -0.848. The summed E-state index contributed by atoms with van der Waals surface area (Å²) in [6, 6.07) is 2.12. The van der Waals surface area contributed by atoms with Crippen LogP contribution in [0.5, 0.6) is 0 Å². The molecule has 1 aromatic carbocycles. The SMILES string of the molecule is Cc1cc2c(c(C)c1C)CCC2=CC(=O)O.[Y]. The number of benzene rings is 1. The van der Waals surface area contributed by atoms with E-state index in [1.54, 1.807) is 0 Å². The fourth-order valence-electron chi connectivity index (χ4n) is 2.44. The van der Waals surface area contributed by atoms with Crippen molar-refractivity contribution >= 4 is 11.5 Å². The van der Waals surface area contributed by atoms with E-state index in [1.165, 1.54) is 28.3 Å². The molecule has 0 aromatic heterocycles. The quantitative estimate of drug-likeness (QED) is 0.810. The first-order valence-corrected chi connectivity index (χ1v) is 5.54. The van der Waals surface area contributed by atoms with E-state index in [0.29, 0.717) is 0 Å². The Hall–Kier alpha value is -0.466. The Morgan fingerprint density at radius 1 is 1.24 bits per heavy atom. The van der Waals surface area contributed by atoms with E-state index in [9.17, 15) is 4.79 Å². The standard InChI is InChI=1S/C14H16O2.Y/c1-8-6-13-11(7-14(15)16)4-5-12(13)10(3)9(8)2;/h6-7H,4-5H2,1-3H3,(H,15,16);. The van der Waals surface area contributed by atoms with Crippen LogP contribution in [0.2, 0.25) is 0 Å². The molecule has 0 bridgehead atoms. The van der Waals surface area contributed by atoms with E-state index in [-0.39, 0.29) is 32.7 Å². The number of aryl methyl sites for hydroxylation is 1. The normalized spacial score (nSPS) is 15.6. The molecule has 1 aliphatic rings. The van der Waals surface area contributed by atoms with Gasteiger partial charge in [-0.1, -0.05) is 6.07 Å². The largest absolute Gasteiger partial charge is 0.478 e. The number of hydrogen-bond acceptors (Lipinski definition) is 1. The van der Waals surface area contributed by atoms with E-state index < -0.39 is 5.97 Å². The van der Waals surface area contributed by atoms with Crippen molar-refractivity contribution in [1.29, 1.82) is 0 Å². The van der Waals surface area contributed by atoms with Crippen LogP contribution in [-0.4, -0.2) is 11.1 Å². The fourth-order valence-corrected chi connectivity index (χ4v) is 2.44. The van der Waals surface area contributed by atoms with Gasteiger partial charge in [-0.25, -0.2) is 4.79 Å². The molecule has 0 saturated carbocycles. The molecule has 0 fully saturated rings. The van der Waals surface area contributed by atoms with Crippen LogP contribution in [0.1, 0.15) is 34.2 Å². The van der Waals surface area contributed by atoms with Gasteiger partial charge in [-0.2, -0.15) is 0 Å². The van der Waals surface area contributed by atoms with Gasteiger partial charge in [-0.05, 0) is 67.0 Å². The number of rotatable bonds is 1. The van der Waals surface area contributed by atoms with Gasteiger partial charge in [0.2, 0.25) is 0 Å². The minimum Gasteiger partial charge on any atom is -0.478 e. The first-order chi connectivity index (χ1) is 7.50. The molecule has 0 aliphatic heterocycles. The molecule has 0 saturated heterocycles. The molecule has 2 nitrogen and oxygen atoms in total. The Kier molecular flexibility index (Phi) is 4.68. The molecular formula is C14H16O2Y. The van der Waals surface area contributed by atoms with Gasteiger partial charge in [-0.15, -0.1) is 0 Å². The predicted octanol–water partition coefficient (Wildman–Crippen LogP) is 3.02. The zero-order valence-corrected chi connectivity index (χ0v) is 13.3. The second kappa shape index (κ2) is 5.45. The molecule has 0 unspecified atom stereocenters. The first kappa shape index (κ1) is 14.6. The van der Waals surface area contributed by atoms with Crippen molar-refractivity contribution in [3.8, 4) is 0 Å². The maximum Gasteiger partial charge on any atom is 0.328 e. The third-order valence-corrected chi connectivity index (χ3v) is 3.58. The zero-order valence-electron chi connectivity index (χ0n) is 10.5.